The molecule has 0 radical (unpaired) electrons. The minimum atomic E-state index is -1.11. The van der Waals surface area contributed by atoms with E-state index in [1.165, 1.54) is 0 Å². The van der Waals surface area contributed by atoms with E-state index in [9.17, 15) is 9.59 Å². The van der Waals surface area contributed by atoms with Gasteiger partial charge in [-0.15, -0.1) is 0 Å². The van der Waals surface area contributed by atoms with E-state index >= 15 is 0 Å². The van der Waals surface area contributed by atoms with E-state index in [1.807, 2.05) is 6.92 Å². The van der Waals surface area contributed by atoms with Crippen LogP contribution in [-0.2, 0) is 4.74 Å². The number of carbonyl (C=O) groups excluding carboxylic acids is 1. The molecule has 2 unspecified atom stereocenters. The van der Waals surface area contributed by atoms with Crippen molar-refractivity contribution in [2.45, 2.75) is 38.8 Å². The van der Waals surface area contributed by atoms with Crippen molar-refractivity contribution in [2.75, 3.05) is 11.9 Å². The molecule has 1 fully saturated rings. The number of hydrogen-bond donors (Lipinski definition) is 4. The van der Waals surface area contributed by atoms with Crippen molar-refractivity contribution in [1.29, 1.82) is 0 Å². The molecule has 2 amide bonds. The smallest absolute Gasteiger partial charge is 0.354 e. The molecule has 0 aliphatic carbocycles. The van der Waals surface area contributed by atoms with Crippen LogP contribution in [0.5, 0.6) is 0 Å². The van der Waals surface area contributed by atoms with Crippen molar-refractivity contribution in [3.63, 3.8) is 0 Å². The maximum atomic E-state index is 11.9. The fourth-order valence-corrected chi connectivity index (χ4v) is 2.31. The quantitative estimate of drug-likeness (QED) is 0.674. The highest BCUT2D eigenvalue weighted by Gasteiger charge is 2.24. The topological polar surface area (TPSA) is 103 Å². The average Bonchev–Trinajstić information content (AvgIpc) is 2.98. The maximum Gasteiger partial charge on any atom is 0.354 e. The maximum absolute atomic E-state index is 11.9. The van der Waals surface area contributed by atoms with Gasteiger partial charge in [0, 0.05) is 12.3 Å². The van der Waals surface area contributed by atoms with Crippen LogP contribution in [0.1, 0.15) is 35.9 Å². The number of hydrogen-bond acceptors (Lipinski definition) is 3. The number of carboxylic acids is 1. The number of H-pyrrole nitrogens is 1. The number of rotatable bonds is 4. The van der Waals surface area contributed by atoms with Crippen LogP contribution in [0.3, 0.4) is 0 Å². The van der Waals surface area contributed by atoms with Gasteiger partial charge in [-0.1, -0.05) is 0 Å². The molecular weight excluding hydrogens is 262 g/mol. The summed E-state index contributed by atoms with van der Waals surface area (Å²) >= 11 is 0. The van der Waals surface area contributed by atoms with Gasteiger partial charge in [-0.2, -0.15) is 0 Å². The van der Waals surface area contributed by atoms with E-state index < -0.39 is 12.0 Å². The van der Waals surface area contributed by atoms with Gasteiger partial charge in [0.1, 0.15) is 5.69 Å². The Hall–Kier alpha value is -2.02. The molecule has 7 heteroatoms. The third-order valence-corrected chi connectivity index (χ3v) is 3.30. The Morgan fingerprint density at radius 1 is 1.55 bits per heavy atom. The predicted molar refractivity (Wildman–Crippen MR) is 73.1 cm³/mol. The Bertz CT molecular complexity index is 506. The summed E-state index contributed by atoms with van der Waals surface area (Å²) in [6.45, 7) is 4.32. The minimum absolute atomic E-state index is 0.0210. The normalized spacial score (nSPS) is 19.6. The molecule has 1 aromatic rings. The molecule has 1 aliphatic heterocycles. The van der Waals surface area contributed by atoms with Crippen molar-refractivity contribution in [2.24, 2.45) is 0 Å². The van der Waals surface area contributed by atoms with Crippen LogP contribution >= 0.6 is 0 Å². The number of carboxylic acid groups (broad SMARTS) is 1. The summed E-state index contributed by atoms with van der Waals surface area (Å²) in [5.74, 6) is -1.11. The predicted octanol–water partition coefficient (Wildman–Crippen LogP) is 1.71. The summed E-state index contributed by atoms with van der Waals surface area (Å²) in [4.78, 5) is 25.6. The van der Waals surface area contributed by atoms with Crippen LogP contribution in [0.2, 0.25) is 0 Å². The van der Waals surface area contributed by atoms with Crippen LogP contribution in [0.4, 0.5) is 10.5 Å². The van der Waals surface area contributed by atoms with Crippen molar-refractivity contribution in [1.82, 2.24) is 10.3 Å². The zero-order valence-electron chi connectivity index (χ0n) is 11.5. The van der Waals surface area contributed by atoms with Gasteiger partial charge in [0.2, 0.25) is 0 Å². The molecule has 110 valence electrons. The number of aromatic nitrogens is 1. The van der Waals surface area contributed by atoms with E-state index in [2.05, 4.69) is 15.6 Å². The monoisotopic (exact) mass is 281 g/mol. The van der Waals surface area contributed by atoms with Gasteiger partial charge in [0.05, 0.1) is 17.8 Å². The lowest BCUT2D eigenvalue weighted by Crippen LogP contribution is -2.43. The summed E-state index contributed by atoms with van der Waals surface area (Å²) in [6, 6.07) is 1.03. The van der Waals surface area contributed by atoms with Gasteiger partial charge in [0.15, 0.2) is 0 Å². The van der Waals surface area contributed by atoms with Crippen molar-refractivity contribution >= 4 is 17.7 Å². The highest BCUT2D eigenvalue weighted by atomic mass is 16.5. The SMILES string of the molecule is Cc1cc(NC(=O)NC(C)C2CCCO2)c(C(=O)O)[nH]1. The molecular formula is C13H19N3O4. The first-order valence-electron chi connectivity index (χ1n) is 6.59. The zero-order chi connectivity index (χ0) is 14.7. The van der Waals surface area contributed by atoms with Gasteiger partial charge in [0.25, 0.3) is 0 Å². The van der Waals surface area contributed by atoms with E-state index in [1.54, 1.807) is 13.0 Å². The lowest BCUT2D eigenvalue weighted by atomic mass is 10.1. The number of urea groups is 1. The second kappa shape index (κ2) is 5.96. The zero-order valence-corrected chi connectivity index (χ0v) is 11.5. The summed E-state index contributed by atoms with van der Waals surface area (Å²) in [5, 5.41) is 14.3. The van der Waals surface area contributed by atoms with E-state index in [4.69, 9.17) is 9.84 Å². The largest absolute Gasteiger partial charge is 0.477 e. The fourth-order valence-electron chi connectivity index (χ4n) is 2.31. The number of anilines is 1. The van der Waals surface area contributed by atoms with Crippen LogP contribution in [0, 0.1) is 6.92 Å². The molecule has 7 nitrogen and oxygen atoms in total. The highest BCUT2D eigenvalue weighted by molar-refractivity contribution is 5.99. The molecule has 2 rings (SSSR count). The number of aromatic amines is 1. The van der Waals surface area contributed by atoms with Gasteiger partial charge in [-0.25, -0.2) is 9.59 Å². The Morgan fingerprint density at radius 3 is 2.90 bits per heavy atom. The number of aromatic carboxylic acids is 1. The first-order chi connectivity index (χ1) is 9.47. The van der Waals surface area contributed by atoms with E-state index in [-0.39, 0.29) is 23.5 Å². The van der Waals surface area contributed by atoms with Crippen LogP contribution in [-0.4, -0.2) is 40.8 Å². The summed E-state index contributed by atoms with van der Waals surface area (Å²) in [6.07, 6.45) is 1.94. The molecule has 0 spiro atoms. The Kier molecular flexibility index (Phi) is 4.29. The molecule has 1 saturated heterocycles. The van der Waals surface area contributed by atoms with Gasteiger partial charge < -0.3 is 25.5 Å². The number of nitrogens with one attached hydrogen (secondary N) is 3. The molecule has 1 aromatic heterocycles. The van der Waals surface area contributed by atoms with E-state index in [0.717, 1.165) is 19.4 Å². The molecule has 2 atom stereocenters. The van der Waals surface area contributed by atoms with Crippen LogP contribution < -0.4 is 10.6 Å². The summed E-state index contributed by atoms with van der Waals surface area (Å²) in [7, 11) is 0. The van der Waals surface area contributed by atoms with E-state index in [0.29, 0.717) is 5.69 Å². The van der Waals surface area contributed by atoms with Crippen LogP contribution in [0.25, 0.3) is 0 Å². The lowest BCUT2D eigenvalue weighted by molar-refractivity contribution is 0.0692. The molecule has 2 heterocycles. The fraction of sp³-hybridized carbons (Fsp3) is 0.538. The second-order valence-electron chi connectivity index (χ2n) is 4.98. The summed E-state index contributed by atoms with van der Waals surface area (Å²) < 4.78 is 5.49. The van der Waals surface area contributed by atoms with Crippen molar-refractivity contribution in [3.8, 4) is 0 Å². The van der Waals surface area contributed by atoms with Gasteiger partial charge >= 0.3 is 12.0 Å². The highest BCUT2D eigenvalue weighted by Crippen LogP contribution is 2.18. The van der Waals surface area contributed by atoms with Gasteiger partial charge in [-0.05, 0) is 32.8 Å². The second-order valence-corrected chi connectivity index (χ2v) is 4.98. The van der Waals surface area contributed by atoms with Crippen molar-refractivity contribution < 1.29 is 19.4 Å². The Labute approximate surface area is 116 Å². The lowest BCUT2D eigenvalue weighted by Gasteiger charge is -2.20. The first kappa shape index (κ1) is 14.4. The molecule has 20 heavy (non-hydrogen) atoms. The first-order valence-corrected chi connectivity index (χ1v) is 6.59. The average molecular weight is 281 g/mol. The Balaban J connectivity index is 1.95. The number of aryl methyl sites for hydroxylation is 1. The minimum Gasteiger partial charge on any atom is -0.477 e. The third-order valence-electron chi connectivity index (χ3n) is 3.30. The molecule has 0 aromatic carbocycles. The molecule has 0 bridgehead atoms. The van der Waals surface area contributed by atoms with Gasteiger partial charge in [-0.3, -0.25) is 0 Å². The number of carbonyl (C=O) groups is 2. The molecule has 1 aliphatic rings. The van der Waals surface area contributed by atoms with Crippen molar-refractivity contribution in [3.05, 3.63) is 17.5 Å². The standard InChI is InChI=1S/C13H19N3O4/c1-7-6-9(11(14-7)12(17)18)16-13(19)15-8(2)10-4-3-5-20-10/h6,8,10,14H,3-5H2,1-2H3,(H,17,18)(H2,15,16,19). The molecule has 4 N–H and O–H groups in total. The number of amides is 2. The molecule has 0 saturated carbocycles. The van der Waals surface area contributed by atoms with Crippen LogP contribution in [0.15, 0.2) is 6.07 Å². The summed E-state index contributed by atoms with van der Waals surface area (Å²) in [5.41, 5.74) is 0.902. The Morgan fingerprint density at radius 2 is 2.30 bits per heavy atom. The third kappa shape index (κ3) is 3.30. The number of ether oxygens (including phenoxy) is 1.